The highest BCUT2D eigenvalue weighted by Gasteiger charge is 2.35. The number of likely N-dealkylation sites (N-methyl/N-ethyl adjacent to an activating group) is 1. The molecule has 1 unspecified atom stereocenters. The predicted molar refractivity (Wildman–Crippen MR) is 115 cm³/mol. The molecule has 0 bridgehead atoms. The van der Waals surface area contributed by atoms with Crippen LogP contribution in [0.4, 0.5) is 0 Å². The Kier molecular flexibility index (Phi) is 7.72. The molecule has 0 aromatic carbocycles. The van der Waals surface area contributed by atoms with E-state index in [2.05, 4.69) is 45.5 Å². The van der Waals surface area contributed by atoms with E-state index >= 15 is 0 Å². The maximum atomic E-state index is 5.57. The van der Waals surface area contributed by atoms with E-state index in [1.54, 1.807) is 0 Å². The Balaban J connectivity index is 0.00000243. The lowest BCUT2D eigenvalue weighted by Crippen LogP contribution is -2.57. The van der Waals surface area contributed by atoms with Crippen LogP contribution in [0.25, 0.3) is 0 Å². The first kappa shape index (κ1) is 21.4. The standard InChI is InChI=1S/C18H32N6O.HI/c1-19-17(20-14-18(22(2)3)6-9-25-10-7-18)24-8-5-15(13-24)16-11-21-23(4)12-16;/h11-12,15H,5-10,13-14H2,1-4H3,(H,19,20);1H. The number of guanidine groups is 1. The summed E-state index contributed by atoms with van der Waals surface area (Å²) in [6.07, 6.45) is 7.39. The highest BCUT2D eigenvalue weighted by Crippen LogP contribution is 2.28. The lowest BCUT2D eigenvalue weighted by molar-refractivity contribution is -0.00521. The number of aryl methyl sites for hydroxylation is 1. The molecule has 0 radical (unpaired) electrons. The van der Waals surface area contributed by atoms with Gasteiger partial charge in [-0.3, -0.25) is 9.67 Å². The van der Waals surface area contributed by atoms with Crippen molar-refractivity contribution in [2.24, 2.45) is 12.0 Å². The Bertz CT molecular complexity index is 596. The van der Waals surface area contributed by atoms with Gasteiger partial charge in [-0.25, -0.2) is 0 Å². The van der Waals surface area contributed by atoms with E-state index < -0.39 is 0 Å². The molecule has 3 rings (SSSR count). The molecule has 26 heavy (non-hydrogen) atoms. The van der Waals surface area contributed by atoms with E-state index in [0.29, 0.717) is 5.92 Å². The molecule has 1 aromatic heterocycles. The van der Waals surface area contributed by atoms with Crippen molar-refractivity contribution in [3.63, 3.8) is 0 Å². The number of rotatable bonds is 4. The Morgan fingerprint density at radius 3 is 2.73 bits per heavy atom. The zero-order chi connectivity index (χ0) is 17.9. The molecule has 1 atom stereocenters. The number of ether oxygens (including phenoxy) is 1. The zero-order valence-electron chi connectivity index (χ0n) is 16.4. The van der Waals surface area contributed by atoms with Gasteiger partial charge in [0.1, 0.15) is 0 Å². The summed E-state index contributed by atoms with van der Waals surface area (Å²) in [5.74, 6) is 1.55. The van der Waals surface area contributed by atoms with Gasteiger partial charge in [-0.05, 0) is 38.9 Å². The van der Waals surface area contributed by atoms with Gasteiger partial charge in [0.15, 0.2) is 5.96 Å². The van der Waals surface area contributed by atoms with E-state index in [1.165, 1.54) is 5.56 Å². The Morgan fingerprint density at radius 2 is 2.15 bits per heavy atom. The molecule has 1 N–H and O–H groups in total. The van der Waals surface area contributed by atoms with Crippen molar-refractivity contribution in [2.75, 3.05) is 54.0 Å². The van der Waals surface area contributed by atoms with Gasteiger partial charge in [-0.15, -0.1) is 24.0 Å². The van der Waals surface area contributed by atoms with Crippen LogP contribution >= 0.6 is 24.0 Å². The van der Waals surface area contributed by atoms with Gasteiger partial charge in [0.2, 0.25) is 0 Å². The average molecular weight is 476 g/mol. The number of nitrogens with zero attached hydrogens (tertiary/aromatic N) is 5. The van der Waals surface area contributed by atoms with Crippen LogP contribution in [0.5, 0.6) is 0 Å². The SMILES string of the molecule is CN=C(NCC1(N(C)C)CCOCC1)N1CCC(c2cnn(C)c2)C1.I. The summed E-state index contributed by atoms with van der Waals surface area (Å²) in [7, 11) is 8.20. The number of hydrogen-bond acceptors (Lipinski definition) is 4. The fraction of sp³-hybridized carbons (Fsp3) is 0.778. The lowest BCUT2D eigenvalue weighted by Gasteiger charge is -2.43. The van der Waals surface area contributed by atoms with Crippen LogP contribution < -0.4 is 5.32 Å². The van der Waals surface area contributed by atoms with Gasteiger partial charge >= 0.3 is 0 Å². The third-order valence-corrected chi connectivity index (χ3v) is 5.84. The van der Waals surface area contributed by atoms with E-state index in [9.17, 15) is 0 Å². The number of aromatic nitrogens is 2. The second-order valence-corrected chi connectivity index (χ2v) is 7.51. The van der Waals surface area contributed by atoms with Crippen molar-refractivity contribution in [1.82, 2.24) is 24.9 Å². The van der Waals surface area contributed by atoms with Crippen LogP contribution in [0, 0.1) is 0 Å². The molecule has 7 nitrogen and oxygen atoms in total. The first-order valence-electron chi connectivity index (χ1n) is 9.23. The number of likely N-dealkylation sites (tertiary alicyclic amines) is 1. The number of nitrogens with one attached hydrogen (secondary N) is 1. The van der Waals surface area contributed by atoms with E-state index in [0.717, 1.165) is 58.1 Å². The van der Waals surface area contributed by atoms with Gasteiger partial charge in [0, 0.05) is 64.6 Å². The Morgan fingerprint density at radius 1 is 1.42 bits per heavy atom. The van der Waals surface area contributed by atoms with Crippen molar-refractivity contribution in [1.29, 1.82) is 0 Å². The minimum Gasteiger partial charge on any atom is -0.381 e. The molecule has 2 fully saturated rings. The predicted octanol–water partition coefficient (Wildman–Crippen LogP) is 1.51. The summed E-state index contributed by atoms with van der Waals surface area (Å²) in [4.78, 5) is 9.26. The Hall–Kier alpha value is -0.870. The quantitative estimate of drug-likeness (QED) is 0.406. The molecule has 8 heteroatoms. The van der Waals surface area contributed by atoms with Crippen molar-refractivity contribution in [3.05, 3.63) is 18.0 Å². The number of aliphatic imine (C=N–C) groups is 1. The van der Waals surface area contributed by atoms with Crippen molar-refractivity contribution in [2.45, 2.75) is 30.7 Å². The second-order valence-electron chi connectivity index (χ2n) is 7.51. The monoisotopic (exact) mass is 476 g/mol. The van der Waals surface area contributed by atoms with Gasteiger partial charge in [0.05, 0.1) is 6.20 Å². The van der Waals surface area contributed by atoms with Crippen molar-refractivity contribution in [3.8, 4) is 0 Å². The van der Waals surface area contributed by atoms with Gasteiger partial charge in [-0.2, -0.15) is 5.10 Å². The molecule has 2 saturated heterocycles. The maximum Gasteiger partial charge on any atom is 0.193 e. The number of halogens is 1. The smallest absolute Gasteiger partial charge is 0.193 e. The summed E-state index contributed by atoms with van der Waals surface area (Å²) in [6.45, 7) is 4.63. The molecule has 148 valence electrons. The normalized spacial score (nSPS) is 23.2. The molecule has 2 aliphatic heterocycles. The molecule has 1 aromatic rings. The minimum atomic E-state index is 0. The molecule has 0 amide bonds. The van der Waals surface area contributed by atoms with Crippen LogP contribution in [0.3, 0.4) is 0 Å². The van der Waals surface area contributed by atoms with Gasteiger partial charge < -0.3 is 19.9 Å². The van der Waals surface area contributed by atoms with Crippen molar-refractivity contribution >= 4 is 29.9 Å². The third-order valence-electron chi connectivity index (χ3n) is 5.84. The van der Waals surface area contributed by atoms with Crippen LogP contribution in [0.2, 0.25) is 0 Å². The Labute approximate surface area is 174 Å². The fourth-order valence-corrected chi connectivity index (χ4v) is 3.99. The van der Waals surface area contributed by atoms with Crippen LogP contribution in [0.1, 0.15) is 30.7 Å². The zero-order valence-corrected chi connectivity index (χ0v) is 18.8. The summed E-state index contributed by atoms with van der Waals surface area (Å²) in [6, 6.07) is 0. The molecule has 2 aliphatic rings. The lowest BCUT2D eigenvalue weighted by atomic mass is 9.88. The topological polar surface area (TPSA) is 57.9 Å². The second kappa shape index (κ2) is 9.36. The fourth-order valence-electron chi connectivity index (χ4n) is 3.99. The first-order chi connectivity index (χ1) is 12.0. The largest absolute Gasteiger partial charge is 0.381 e. The average Bonchev–Trinajstić information content (AvgIpc) is 3.25. The van der Waals surface area contributed by atoms with E-state index in [1.807, 2.05) is 25.0 Å². The van der Waals surface area contributed by atoms with Gasteiger partial charge in [0.25, 0.3) is 0 Å². The number of hydrogen-bond donors (Lipinski definition) is 1. The molecule has 3 heterocycles. The third kappa shape index (κ3) is 4.69. The molecule has 0 aliphatic carbocycles. The summed E-state index contributed by atoms with van der Waals surface area (Å²) < 4.78 is 7.46. The van der Waals surface area contributed by atoms with E-state index in [4.69, 9.17) is 4.74 Å². The summed E-state index contributed by atoms with van der Waals surface area (Å²) in [5.41, 5.74) is 1.48. The highest BCUT2D eigenvalue weighted by molar-refractivity contribution is 14.0. The molecule has 0 spiro atoms. The maximum absolute atomic E-state index is 5.57. The highest BCUT2D eigenvalue weighted by atomic mass is 127. The summed E-state index contributed by atoms with van der Waals surface area (Å²) >= 11 is 0. The first-order valence-corrected chi connectivity index (χ1v) is 9.23. The van der Waals surface area contributed by atoms with Crippen LogP contribution in [-0.4, -0.2) is 85.1 Å². The van der Waals surface area contributed by atoms with Crippen LogP contribution in [-0.2, 0) is 11.8 Å². The van der Waals surface area contributed by atoms with Gasteiger partial charge in [-0.1, -0.05) is 0 Å². The van der Waals surface area contributed by atoms with E-state index in [-0.39, 0.29) is 29.5 Å². The molecule has 0 saturated carbocycles. The molecular formula is C18H33IN6O. The summed E-state index contributed by atoms with van der Waals surface area (Å²) in [5, 5.41) is 7.95. The van der Waals surface area contributed by atoms with Crippen LogP contribution in [0.15, 0.2) is 17.4 Å². The van der Waals surface area contributed by atoms with Crippen molar-refractivity contribution < 1.29 is 4.74 Å². The minimum absolute atomic E-state index is 0. The molecular weight excluding hydrogens is 443 g/mol.